The van der Waals surface area contributed by atoms with Gasteiger partial charge in [0.1, 0.15) is 5.54 Å². The van der Waals surface area contributed by atoms with Crippen LogP contribution >= 0.6 is 12.4 Å². The Kier molecular flexibility index (Phi) is 7.08. The maximum Gasteiger partial charge on any atom is 0.337 e. The number of esters is 1. The number of likely N-dealkylation sites (N-methyl/N-ethyl adjacent to an activating group) is 1. The molecule has 2 fully saturated rings. The number of amides is 1. The molecule has 1 aromatic rings. The molecule has 2 heterocycles. The first-order valence-corrected chi connectivity index (χ1v) is 9.09. The fourth-order valence-corrected chi connectivity index (χ4v) is 3.82. The van der Waals surface area contributed by atoms with E-state index >= 15 is 0 Å². The zero-order valence-electron chi connectivity index (χ0n) is 16.2. The summed E-state index contributed by atoms with van der Waals surface area (Å²) in [5, 5.41) is 3.36. The van der Waals surface area contributed by atoms with Crippen molar-refractivity contribution in [3.63, 3.8) is 0 Å². The normalized spacial score (nSPS) is 18.7. The first kappa shape index (κ1) is 21.5. The summed E-state index contributed by atoms with van der Waals surface area (Å²) in [6, 6.07) is 7.36. The highest BCUT2D eigenvalue weighted by atomic mass is 35.5. The van der Waals surface area contributed by atoms with Gasteiger partial charge in [0.2, 0.25) is 5.91 Å². The van der Waals surface area contributed by atoms with E-state index in [-0.39, 0.29) is 24.3 Å². The number of methoxy groups -OCH3 is 1. The number of carbonyl (C=O) groups excluding carboxylic acids is 2. The molecule has 1 spiro atoms. The van der Waals surface area contributed by atoms with Gasteiger partial charge in [-0.25, -0.2) is 4.79 Å². The maximum absolute atomic E-state index is 13.3. The first-order chi connectivity index (χ1) is 12.5. The minimum atomic E-state index is -0.482. The number of ether oxygens (including phenoxy) is 1. The molecule has 7 nitrogen and oxygen atoms in total. The summed E-state index contributed by atoms with van der Waals surface area (Å²) in [6.45, 7) is 3.82. The number of nitrogens with one attached hydrogen (secondary N) is 1. The van der Waals surface area contributed by atoms with Gasteiger partial charge in [-0.05, 0) is 64.3 Å². The lowest BCUT2D eigenvalue weighted by molar-refractivity contribution is -0.133. The summed E-state index contributed by atoms with van der Waals surface area (Å²) < 4.78 is 4.77. The average Bonchev–Trinajstić information content (AvgIpc) is 2.92. The predicted octanol–water partition coefficient (Wildman–Crippen LogP) is 1.18. The lowest BCUT2D eigenvalue weighted by Gasteiger charge is -2.40. The van der Waals surface area contributed by atoms with E-state index in [9.17, 15) is 9.59 Å². The van der Waals surface area contributed by atoms with Crippen molar-refractivity contribution in [2.45, 2.75) is 18.4 Å². The smallest absolute Gasteiger partial charge is 0.337 e. The monoisotopic (exact) mass is 396 g/mol. The van der Waals surface area contributed by atoms with Crippen LogP contribution in [0.15, 0.2) is 24.3 Å². The Bertz CT molecular complexity index is 659. The van der Waals surface area contributed by atoms with Gasteiger partial charge in [-0.1, -0.05) is 0 Å². The molecule has 0 saturated carbocycles. The molecular weight excluding hydrogens is 368 g/mol. The first-order valence-electron chi connectivity index (χ1n) is 9.09. The minimum Gasteiger partial charge on any atom is -0.465 e. The molecule has 0 bridgehead atoms. The molecule has 2 aliphatic heterocycles. The number of carbonyl (C=O) groups is 2. The van der Waals surface area contributed by atoms with Crippen LogP contribution in [0.3, 0.4) is 0 Å². The van der Waals surface area contributed by atoms with Crippen molar-refractivity contribution in [2.75, 3.05) is 59.0 Å². The van der Waals surface area contributed by atoms with E-state index in [0.29, 0.717) is 12.2 Å². The van der Waals surface area contributed by atoms with Gasteiger partial charge >= 0.3 is 5.97 Å². The molecular formula is C19H29ClN4O3. The third-order valence-electron chi connectivity index (χ3n) is 5.36. The molecule has 0 aliphatic carbocycles. The molecule has 1 N–H and O–H groups in total. The second kappa shape index (κ2) is 8.91. The van der Waals surface area contributed by atoms with E-state index in [0.717, 1.165) is 44.7 Å². The van der Waals surface area contributed by atoms with Gasteiger partial charge in [0.05, 0.1) is 19.3 Å². The van der Waals surface area contributed by atoms with E-state index < -0.39 is 5.54 Å². The van der Waals surface area contributed by atoms with Gasteiger partial charge in [-0.15, -0.1) is 12.4 Å². The molecule has 1 amide bonds. The summed E-state index contributed by atoms with van der Waals surface area (Å²) in [6.07, 6.45) is 1.59. The van der Waals surface area contributed by atoms with Gasteiger partial charge in [0.15, 0.2) is 0 Å². The highest BCUT2D eigenvalue weighted by molar-refractivity contribution is 5.94. The van der Waals surface area contributed by atoms with Crippen LogP contribution in [0.25, 0.3) is 0 Å². The van der Waals surface area contributed by atoms with E-state index in [4.69, 9.17) is 4.74 Å². The Morgan fingerprint density at radius 3 is 2.41 bits per heavy atom. The number of rotatable bonds is 5. The van der Waals surface area contributed by atoms with Crippen LogP contribution in [0, 0.1) is 0 Å². The van der Waals surface area contributed by atoms with E-state index in [1.165, 1.54) is 7.11 Å². The Morgan fingerprint density at radius 1 is 1.22 bits per heavy atom. The van der Waals surface area contributed by atoms with Crippen LogP contribution in [0.2, 0.25) is 0 Å². The molecule has 0 radical (unpaired) electrons. The molecule has 27 heavy (non-hydrogen) atoms. The Balaban J connectivity index is 0.00000261. The Morgan fingerprint density at radius 2 is 1.85 bits per heavy atom. The van der Waals surface area contributed by atoms with Gasteiger partial charge < -0.3 is 24.8 Å². The topological polar surface area (TPSA) is 65.1 Å². The number of benzene rings is 1. The van der Waals surface area contributed by atoms with Crippen LogP contribution in [0.5, 0.6) is 0 Å². The summed E-state index contributed by atoms with van der Waals surface area (Å²) >= 11 is 0. The molecule has 2 saturated heterocycles. The quantitative estimate of drug-likeness (QED) is 0.754. The highest BCUT2D eigenvalue weighted by Gasteiger charge is 2.52. The summed E-state index contributed by atoms with van der Waals surface area (Å²) in [5.74, 6) is -0.129. The van der Waals surface area contributed by atoms with Gasteiger partial charge in [0, 0.05) is 18.8 Å². The second-order valence-electron chi connectivity index (χ2n) is 7.26. The number of anilines is 1. The van der Waals surface area contributed by atoms with Crippen molar-refractivity contribution in [3.05, 3.63) is 29.8 Å². The SMILES string of the molecule is COC(=O)c1ccc(N2CN(CCN(C)C)C(=O)C23CCNCC3)cc1.Cl. The lowest BCUT2D eigenvalue weighted by atomic mass is 9.86. The Labute approximate surface area is 167 Å². The maximum atomic E-state index is 13.3. The fourth-order valence-electron chi connectivity index (χ4n) is 3.82. The van der Waals surface area contributed by atoms with Crippen molar-refractivity contribution < 1.29 is 14.3 Å². The molecule has 2 aliphatic rings. The summed E-state index contributed by atoms with van der Waals surface area (Å²) in [7, 11) is 5.41. The molecule has 1 aromatic carbocycles. The van der Waals surface area contributed by atoms with Crippen LogP contribution in [-0.2, 0) is 9.53 Å². The summed E-state index contributed by atoms with van der Waals surface area (Å²) in [4.78, 5) is 31.2. The standard InChI is InChI=1S/C19H28N4O3.ClH/c1-21(2)12-13-22-14-23(19(18(22)25)8-10-20-11-9-19)16-6-4-15(5-7-16)17(24)26-3;/h4-7,20H,8-14H2,1-3H3;1H. The number of hydrogen-bond donors (Lipinski definition) is 1. The van der Waals surface area contributed by atoms with Crippen LogP contribution in [0.4, 0.5) is 5.69 Å². The van der Waals surface area contributed by atoms with Gasteiger partial charge in [-0.3, -0.25) is 4.79 Å². The predicted molar refractivity (Wildman–Crippen MR) is 107 cm³/mol. The van der Waals surface area contributed by atoms with Crippen molar-refractivity contribution in [3.8, 4) is 0 Å². The van der Waals surface area contributed by atoms with E-state index in [1.807, 2.05) is 31.1 Å². The Hall–Kier alpha value is -1.83. The zero-order chi connectivity index (χ0) is 18.7. The van der Waals surface area contributed by atoms with Gasteiger partial charge in [-0.2, -0.15) is 0 Å². The second-order valence-corrected chi connectivity index (χ2v) is 7.26. The molecule has 0 unspecified atom stereocenters. The third-order valence-corrected chi connectivity index (χ3v) is 5.36. The molecule has 150 valence electrons. The number of hydrogen-bond acceptors (Lipinski definition) is 6. The van der Waals surface area contributed by atoms with Crippen LogP contribution in [0.1, 0.15) is 23.2 Å². The van der Waals surface area contributed by atoms with Crippen molar-refractivity contribution in [2.24, 2.45) is 0 Å². The average molecular weight is 397 g/mol. The summed E-state index contributed by atoms with van der Waals surface area (Å²) in [5.41, 5.74) is 1.01. The minimum absolute atomic E-state index is 0. The molecule has 0 atom stereocenters. The van der Waals surface area contributed by atoms with Crippen molar-refractivity contribution >= 4 is 30.0 Å². The lowest BCUT2D eigenvalue weighted by Crippen LogP contribution is -2.55. The number of nitrogens with zero attached hydrogens (tertiary/aromatic N) is 3. The van der Waals surface area contributed by atoms with E-state index in [2.05, 4.69) is 15.1 Å². The van der Waals surface area contributed by atoms with Crippen molar-refractivity contribution in [1.29, 1.82) is 0 Å². The third kappa shape index (κ3) is 4.20. The molecule has 0 aromatic heterocycles. The van der Waals surface area contributed by atoms with Gasteiger partial charge in [0.25, 0.3) is 0 Å². The van der Waals surface area contributed by atoms with E-state index in [1.54, 1.807) is 12.1 Å². The molecule has 8 heteroatoms. The fraction of sp³-hybridized carbons (Fsp3) is 0.579. The number of halogens is 1. The number of piperidine rings is 1. The van der Waals surface area contributed by atoms with Crippen LogP contribution in [-0.4, -0.2) is 81.3 Å². The highest BCUT2D eigenvalue weighted by Crippen LogP contribution is 2.38. The van der Waals surface area contributed by atoms with Crippen molar-refractivity contribution in [1.82, 2.24) is 15.1 Å². The largest absolute Gasteiger partial charge is 0.465 e. The zero-order valence-corrected chi connectivity index (χ0v) is 17.1. The van der Waals surface area contributed by atoms with Crippen LogP contribution < -0.4 is 10.2 Å². The molecule has 3 rings (SSSR count).